The predicted octanol–water partition coefficient (Wildman–Crippen LogP) is 2.32. The van der Waals surface area contributed by atoms with E-state index >= 15 is 0 Å². The molecule has 2 aliphatic rings. The van der Waals surface area contributed by atoms with Crippen LogP contribution in [0.15, 0.2) is 47.4 Å². The Morgan fingerprint density at radius 3 is 2.57 bits per heavy atom. The number of hydrogen-bond acceptors (Lipinski definition) is 3. The molecule has 0 aliphatic carbocycles. The first-order chi connectivity index (χ1) is 11.0. The van der Waals surface area contributed by atoms with Gasteiger partial charge in [0, 0.05) is 12.2 Å². The molecular weight excluding hydrogens is 312 g/mol. The molecule has 0 saturated heterocycles. The second kappa shape index (κ2) is 5.09. The van der Waals surface area contributed by atoms with Gasteiger partial charge in [-0.1, -0.05) is 18.2 Å². The zero-order valence-corrected chi connectivity index (χ0v) is 13.3. The van der Waals surface area contributed by atoms with Gasteiger partial charge in [-0.25, -0.2) is 8.42 Å². The van der Waals surface area contributed by atoms with Crippen LogP contribution >= 0.6 is 0 Å². The van der Waals surface area contributed by atoms with Gasteiger partial charge in [-0.05, 0) is 48.2 Å². The van der Waals surface area contributed by atoms with Crippen molar-refractivity contribution in [3.8, 4) is 0 Å². The smallest absolute Gasteiger partial charge is 0.261 e. The van der Waals surface area contributed by atoms with Crippen molar-refractivity contribution in [3.63, 3.8) is 0 Å². The van der Waals surface area contributed by atoms with E-state index in [1.807, 2.05) is 11.0 Å². The lowest BCUT2D eigenvalue weighted by atomic mass is 9.99. The van der Waals surface area contributed by atoms with Crippen LogP contribution in [-0.2, 0) is 27.7 Å². The highest BCUT2D eigenvalue weighted by molar-refractivity contribution is 7.92. The summed E-state index contributed by atoms with van der Waals surface area (Å²) < 4.78 is 27.5. The molecule has 0 radical (unpaired) electrons. The highest BCUT2D eigenvalue weighted by Crippen LogP contribution is 2.39. The molecular formula is C17H16N2O3S. The van der Waals surface area contributed by atoms with E-state index < -0.39 is 10.0 Å². The molecule has 0 unspecified atom stereocenters. The van der Waals surface area contributed by atoms with Crippen LogP contribution in [0.25, 0.3) is 0 Å². The van der Waals surface area contributed by atoms with Gasteiger partial charge >= 0.3 is 0 Å². The molecule has 0 aromatic heterocycles. The van der Waals surface area contributed by atoms with Crippen LogP contribution in [0.4, 0.5) is 11.4 Å². The minimum Gasteiger partial charge on any atom is -0.312 e. The van der Waals surface area contributed by atoms with E-state index in [1.54, 1.807) is 36.4 Å². The second-order valence-corrected chi connectivity index (χ2v) is 7.57. The zero-order chi connectivity index (χ0) is 16.0. The Bertz CT molecular complexity index is 892. The fraction of sp³-hybridized carbons (Fsp3) is 0.235. The number of sulfonamides is 1. The van der Waals surface area contributed by atoms with Gasteiger partial charge in [-0.2, -0.15) is 0 Å². The van der Waals surface area contributed by atoms with E-state index in [0.29, 0.717) is 12.1 Å². The molecule has 0 bridgehead atoms. The third-order valence-electron chi connectivity index (χ3n) is 4.31. The van der Waals surface area contributed by atoms with E-state index in [-0.39, 0.29) is 10.8 Å². The molecule has 0 atom stereocenters. The van der Waals surface area contributed by atoms with Gasteiger partial charge in [0.1, 0.15) is 0 Å². The second-order valence-electron chi connectivity index (χ2n) is 5.89. The van der Waals surface area contributed by atoms with E-state index in [2.05, 4.69) is 4.72 Å². The number of hydrogen-bond donors (Lipinski definition) is 1. The molecule has 0 saturated carbocycles. The summed E-state index contributed by atoms with van der Waals surface area (Å²) in [6.45, 7) is 0.758. The molecule has 118 valence electrons. The number of benzene rings is 2. The van der Waals surface area contributed by atoms with Crippen LogP contribution in [0.3, 0.4) is 0 Å². The molecule has 2 heterocycles. The lowest BCUT2D eigenvalue weighted by Crippen LogP contribution is -2.31. The average molecular weight is 328 g/mol. The summed E-state index contributed by atoms with van der Waals surface area (Å²) in [5.74, 6) is 0.101. The van der Waals surface area contributed by atoms with Crippen LogP contribution in [0.1, 0.15) is 17.5 Å². The topological polar surface area (TPSA) is 66.5 Å². The molecule has 0 spiro atoms. The molecule has 6 heteroatoms. The first kappa shape index (κ1) is 14.3. The summed E-state index contributed by atoms with van der Waals surface area (Å²) in [5.41, 5.74) is 3.48. The predicted molar refractivity (Wildman–Crippen MR) is 88.1 cm³/mol. The number of carbonyl (C=O) groups excluding carboxylic acids is 1. The maximum atomic E-state index is 12.5. The molecule has 0 fully saturated rings. The Hall–Kier alpha value is -2.34. The van der Waals surface area contributed by atoms with Gasteiger partial charge in [0.15, 0.2) is 0 Å². The Balaban J connectivity index is 1.72. The zero-order valence-electron chi connectivity index (χ0n) is 12.5. The number of aryl methyl sites for hydroxylation is 1. The summed E-state index contributed by atoms with van der Waals surface area (Å²) >= 11 is 0. The lowest BCUT2D eigenvalue weighted by molar-refractivity contribution is -0.117. The van der Waals surface area contributed by atoms with E-state index in [0.717, 1.165) is 36.2 Å². The van der Waals surface area contributed by atoms with Gasteiger partial charge in [-0.3, -0.25) is 9.52 Å². The molecule has 2 aromatic carbocycles. The Kier molecular flexibility index (Phi) is 3.16. The minimum absolute atomic E-state index is 0.101. The standard InChI is InChI=1S/C17H16N2O3S/c20-16-11-13-10-14(9-12-5-4-8-19(16)17(12)13)18-23(21,22)15-6-2-1-3-7-15/h1-3,6-7,9-10,18H,4-5,8,11H2. The maximum absolute atomic E-state index is 12.5. The number of rotatable bonds is 3. The third-order valence-corrected chi connectivity index (χ3v) is 5.71. The Morgan fingerprint density at radius 1 is 1.04 bits per heavy atom. The minimum atomic E-state index is -3.61. The molecule has 2 aromatic rings. The van der Waals surface area contributed by atoms with Crippen molar-refractivity contribution >= 4 is 27.3 Å². The Labute approximate surface area is 135 Å². The number of anilines is 2. The van der Waals surface area contributed by atoms with Crippen molar-refractivity contribution in [1.29, 1.82) is 0 Å². The fourth-order valence-electron chi connectivity index (χ4n) is 3.35. The van der Waals surface area contributed by atoms with Crippen LogP contribution in [0.5, 0.6) is 0 Å². The van der Waals surface area contributed by atoms with Gasteiger partial charge in [-0.15, -0.1) is 0 Å². The van der Waals surface area contributed by atoms with Crippen molar-refractivity contribution in [3.05, 3.63) is 53.6 Å². The lowest BCUT2D eigenvalue weighted by Gasteiger charge is -2.26. The summed E-state index contributed by atoms with van der Waals surface area (Å²) in [5, 5.41) is 0. The van der Waals surface area contributed by atoms with Gasteiger partial charge in [0.05, 0.1) is 17.0 Å². The largest absolute Gasteiger partial charge is 0.312 e. The van der Waals surface area contributed by atoms with E-state index in [4.69, 9.17) is 0 Å². The number of carbonyl (C=O) groups is 1. The number of amides is 1. The first-order valence-corrected chi connectivity index (χ1v) is 9.07. The van der Waals surface area contributed by atoms with Crippen LogP contribution < -0.4 is 9.62 Å². The average Bonchev–Trinajstić information content (AvgIpc) is 2.85. The summed E-state index contributed by atoms with van der Waals surface area (Å²) in [7, 11) is -3.61. The van der Waals surface area contributed by atoms with Gasteiger partial charge in [0.25, 0.3) is 10.0 Å². The van der Waals surface area contributed by atoms with Crippen LogP contribution in [0, 0.1) is 0 Å². The monoisotopic (exact) mass is 328 g/mol. The first-order valence-electron chi connectivity index (χ1n) is 7.59. The highest BCUT2D eigenvalue weighted by Gasteiger charge is 2.32. The molecule has 4 rings (SSSR count). The Morgan fingerprint density at radius 2 is 1.78 bits per heavy atom. The molecule has 23 heavy (non-hydrogen) atoms. The molecule has 2 aliphatic heterocycles. The van der Waals surface area contributed by atoms with E-state index in [9.17, 15) is 13.2 Å². The SMILES string of the molecule is O=C1Cc2cc(NS(=O)(=O)c3ccccc3)cc3c2N1CCC3. The van der Waals surface area contributed by atoms with Crippen molar-refractivity contribution in [2.24, 2.45) is 0 Å². The number of nitrogens with one attached hydrogen (secondary N) is 1. The summed E-state index contributed by atoms with van der Waals surface area (Å²) in [6.07, 6.45) is 2.13. The molecule has 1 N–H and O–H groups in total. The van der Waals surface area contributed by atoms with E-state index in [1.165, 1.54) is 0 Å². The van der Waals surface area contributed by atoms with Crippen LogP contribution in [-0.4, -0.2) is 20.9 Å². The molecule has 1 amide bonds. The highest BCUT2D eigenvalue weighted by atomic mass is 32.2. The normalized spacial score (nSPS) is 16.3. The van der Waals surface area contributed by atoms with Gasteiger partial charge in [0.2, 0.25) is 5.91 Å². The summed E-state index contributed by atoms with van der Waals surface area (Å²) in [4.78, 5) is 14.1. The van der Waals surface area contributed by atoms with Crippen molar-refractivity contribution < 1.29 is 13.2 Å². The quantitative estimate of drug-likeness (QED) is 0.940. The summed E-state index contributed by atoms with van der Waals surface area (Å²) in [6, 6.07) is 11.9. The fourth-order valence-corrected chi connectivity index (χ4v) is 4.41. The van der Waals surface area contributed by atoms with Crippen molar-refractivity contribution in [2.45, 2.75) is 24.2 Å². The van der Waals surface area contributed by atoms with Gasteiger partial charge < -0.3 is 4.90 Å². The van der Waals surface area contributed by atoms with Crippen molar-refractivity contribution in [2.75, 3.05) is 16.2 Å². The molecule has 5 nitrogen and oxygen atoms in total. The van der Waals surface area contributed by atoms with Crippen LogP contribution in [0.2, 0.25) is 0 Å². The third kappa shape index (κ3) is 2.39. The number of nitrogens with zero attached hydrogens (tertiary/aromatic N) is 1. The maximum Gasteiger partial charge on any atom is 0.261 e. The van der Waals surface area contributed by atoms with Crippen molar-refractivity contribution in [1.82, 2.24) is 0 Å².